The molecule has 2 aromatic heterocycles. The first-order chi connectivity index (χ1) is 14.1. The van der Waals surface area contributed by atoms with E-state index in [-0.39, 0.29) is 5.56 Å². The maximum atomic E-state index is 13.2. The number of hydrogen-bond donors (Lipinski definition) is 0. The maximum Gasteiger partial charge on any atom is 0.263 e. The third-order valence-electron chi connectivity index (χ3n) is 6.32. The van der Waals surface area contributed by atoms with Gasteiger partial charge >= 0.3 is 0 Å². The standard InChI is InChI=1S/C23H28N4OS/c1-16-6-5-7-17(14-16)15-26-10-12-27(13-11-26)23-24-21-20(22(28)25(23)2)18-8-3-4-9-19(18)29-21/h5-7,14H,3-4,8-13,15H2,1-2H3. The van der Waals surface area contributed by atoms with E-state index in [0.29, 0.717) is 0 Å². The highest BCUT2D eigenvalue weighted by molar-refractivity contribution is 7.18. The zero-order chi connectivity index (χ0) is 20.0. The van der Waals surface area contributed by atoms with Crippen molar-refractivity contribution >= 4 is 27.5 Å². The Bertz CT molecular complexity index is 1110. The van der Waals surface area contributed by atoms with Gasteiger partial charge in [0.25, 0.3) is 5.56 Å². The number of hydrogen-bond acceptors (Lipinski definition) is 5. The molecule has 1 aliphatic carbocycles. The number of aryl methyl sites for hydroxylation is 3. The largest absolute Gasteiger partial charge is 0.340 e. The first-order valence-electron chi connectivity index (χ1n) is 10.6. The van der Waals surface area contributed by atoms with Gasteiger partial charge in [0.1, 0.15) is 4.83 Å². The van der Waals surface area contributed by atoms with Crippen LogP contribution in [-0.4, -0.2) is 40.6 Å². The van der Waals surface area contributed by atoms with Crippen LogP contribution >= 0.6 is 11.3 Å². The van der Waals surface area contributed by atoms with Crippen molar-refractivity contribution in [3.63, 3.8) is 0 Å². The van der Waals surface area contributed by atoms with E-state index in [2.05, 4.69) is 41.0 Å². The van der Waals surface area contributed by atoms with Crippen LogP contribution in [0.1, 0.15) is 34.4 Å². The Hall–Kier alpha value is -2.18. The van der Waals surface area contributed by atoms with Gasteiger partial charge in [-0.05, 0) is 43.7 Å². The zero-order valence-electron chi connectivity index (χ0n) is 17.3. The van der Waals surface area contributed by atoms with Crippen LogP contribution in [0.2, 0.25) is 0 Å². The number of nitrogens with zero attached hydrogens (tertiary/aromatic N) is 4. The van der Waals surface area contributed by atoms with E-state index < -0.39 is 0 Å². The van der Waals surface area contributed by atoms with Crippen LogP contribution < -0.4 is 10.5 Å². The summed E-state index contributed by atoms with van der Waals surface area (Å²) in [6.07, 6.45) is 4.55. The molecule has 0 saturated carbocycles. The second-order valence-electron chi connectivity index (χ2n) is 8.42. The van der Waals surface area contributed by atoms with Crippen molar-refractivity contribution < 1.29 is 0 Å². The summed E-state index contributed by atoms with van der Waals surface area (Å²) in [6, 6.07) is 8.75. The Morgan fingerprint density at radius 3 is 2.69 bits per heavy atom. The molecule has 6 heteroatoms. The van der Waals surface area contributed by atoms with Crippen molar-refractivity contribution in [1.82, 2.24) is 14.5 Å². The summed E-state index contributed by atoms with van der Waals surface area (Å²) in [6.45, 7) is 6.92. The molecule has 0 N–H and O–H groups in total. The van der Waals surface area contributed by atoms with Crippen LogP contribution in [0.5, 0.6) is 0 Å². The van der Waals surface area contributed by atoms with Crippen molar-refractivity contribution in [1.29, 1.82) is 0 Å². The minimum atomic E-state index is 0.131. The Kier molecular flexibility index (Phi) is 4.92. The molecule has 0 unspecified atom stereocenters. The van der Waals surface area contributed by atoms with Crippen LogP contribution in [0.25, 0.3) is 10.2 Å². The fourth-order valence-corrected chi connectivity index (χ4v) is 5.98. The summed E-state index contributed by atoms with van der Waals surface area (Å²) < 4.78 is 1.78. The van der Waals surface area contributed by atoms with E-state index in [0.717, 1.165) is 61.7 Å². The van der Waals surface area contributed by atoms with E-state index in [9.17, 15) is 4.79 Å². The van der Waals surface area contributed by atoms with Gasteiger partial charge in [0.05, 0.1) is 5.39 Å². The normalized spacial score (nSPS) is 17.7. The quantitative estimate of drug-likeness (QED) is 0.665. The number of benzene rings is 1. The molecule has 0 atom stereocenters. The fourth-order valence-electron chi connectivity index (χ4n) is 4.73. The van der Waals surface area contributed by atoms with Crippen molar-refractivity contribution in [2.75, 3.05) is 31.1 Å². The molecule has 0 bridgehead atoms. The Balaban J connectivity index is 1.36. The number of aromatic nitrogens is 2. The molecule has 152 valence electrons. The molecule has 0 spiro atoms. The fraction of sp³-hybridized carbons (Fsp3) is 0.478. The lowest BCUT2D eigenvalue weighted by Crippen LogP contribution is -2.47. The van der Waals surface area contributed by atoms with Gasteiger partial charge in [0.2, 0.25) is 5.95 Å². The van der Waals surface area contributed by atoms with E-state index in [1.54, 1.807) is 15.9 Å². The van der Waals surface area contributed by atoms with Gasteiger partial charge in [-0.3, -0.25) is 14.3 Å². The lowest BCUT2D eigenvalue weighted by molar-refractivity contribution is 0.248. The summed E-state index contributed by atoms with van der Waals surface area (Å²) in [7, 11) is 1.89. The van der Waals surface area contributed by atoms with Gasteiger partial charge in [-0.1, -0.05) is 29.8 Å². The number of piperazine rings is 1. The molecule has 3 heterocycles. The number of anilines is 1. The molecule has 1 aromatic carbocycles. The summed E-state index contributed by atoms with van der Waals surface area (Å²) in [5, 5.41) is 0.883. The molecule has 1 aliphatic heterocycles. The molecule has 1 fully saturated rings. The predicted molar refractivity (Wildman–Crippen MR) is 120 cm³/mol. The molecule has 0 amide bonds. The van der Waals surface area contributed by atoms with Crippen LogP contribution in [-0.2, 0) is 26.4 Å². The van der Waals surface area contributed by atoms with E-state index >= 15 is 0 Å². The van der Waals surface area contributed by atoms with E-state index in [1.807, 2.05) is 7.05 Å². The molecule has 1 saturated heterocycles. The molecule has 3 aromatic rings. The first-order valence-corrected chi connectivity index (χ1v) is 11.5. The Morgan fingerprint density at radius 1 is 1.10 bits per heavy atom. The number of rotatable bonds is 3. The van der Waals surface area contributed by atoms with Crippen molar-refractivity contribution in [3.8, 4) is 0 Å². The second-order valence-corrected chi connectivity index (χ2v) is 9.50. The summed E-state index contributed by atoms with van der Waals surface area (Å²) in [5.41, 5.74) is 4.09. The van der Waals surface area contributed by atoms with Gasteiger partial charge in [0, 0.05) is 44.6 Å². The summed E-state index contributed by atoms with van der Waals surface area (Å²) in [5.74, 6) is 0.830. The van der Waals surface area contributed by atoms with Crippen molar-refractivity contribution in [2.45, 2.75) is 39.2 Å². The third kappa shape index (κ3) is 3.49. The topological polar surface area (TPSA) is 41.4 Å². The maximum absolute atomic E-state index is 13.2. The highest BCUT2D eigenvalue weighted by Gasteiger charge is 2.25. The molecule has 29 heavy (non-hydrogen) atoms. The summed E-state index contributed by atoms with van der Waals surface area (Å²) >= 11 is 1.74. The van der Waals surface area contributed by atoms with Gasteiger partial charge in [-0.25, -0.2) is 4.98 Å². The van der Waals surface area contributed by atoms with Gasteiger partial charge in [-0.15, -0.1) is 11.3 Å². The SMILES string of the molecule is Cc1cccc(CN2CCN(c3nc4sc5c(c4c(=O)n3C)CCCC5)CC2)c1. The van der Waals surface area contributed by atoms with Crippen molar-refractivity contribution in [2.24, 2.45) is 7.05 Å². The monoisotopic (exact) mass is 408 g/mol. The molecule has 0 radical (unpaired) electrons. The smallest absolute Gasteiger partial charge is 0.263 e. The Morgan fingerprint density at radius 2 is 1.90 bits per heavy atom. The van der Waals surface area contributed by atoms with Crippen molar-refractivity contribution in [3.05, 3.63) is 56.2 Å². The third-order valence-corrected chi connectivity index (χ3v) is 7.50. The van der Waals surface area contributed by atoms with Gasteiger partial charge < -0.3 is 4.90 Å². The molecule has 2 aliphatic rings. The van der Waals surface area contributed by atoms with Crippen LogP contribution in [0.3, 0.4) is 0 Å². The molecular weight excluding hydrogens is 380 g/mol. The average Bonchev–Trinajstić information content (AvgIpc) is 3.10. The number of fused-ring (bicyclic) bond motifs is 3. The average molecular weight is 409 g/mol. The lowest BCUT2D eigenvalue weighted by atomic mass is 9.97. The second kappa shape index (κ2) is 7.58. The Labute approximate surface area is 175 Å². The van der Waals surface area contributed by atoms with Crippen LogP contribution in [0, 0.1) is 6.92 Å². The van der Waals surface area contributed by atoms with Gasteiger partial charge in [0.15, 0.2) is 0 Å². The van der Waals surface area contributed by atoms with E-state index in [4.69, 9.17) is 4.98 Å². The highest BCUT2D eigenvalue weighted by atomic mass is 32.1. The number of thiophene rings is 1. The van der Waals surface area contributed by atoms with Crippen LogP contribution in [0.4, 0.5) is 5.95 Å². The zero-order valence-corrected chi connectivity index (χ0v) is 18.1. The minimum Gasteiger partial charge on any atom is -0.340 e. The molecular formula is C23H28N4OS. The lowest BCUT2D eigenvalue weighted by Gasteiger charge is -2.35. The molecule has 5 rings (SSSR count). The summed E-state index contributed by atoms with van der Waals surface area (Å²) in [4.78, 5) is 25.2. The van der Waals surface area contributed by atoms with E-state index in [1.165, 1.54) is 34.4 Å². The predicted octanol–water partition coefficient (Wildman–Crippen LogP) is 3.50. The van der Waals surface area contributed by atoms with Crippen LogP contribution in [0.15, 0.2) is 29.1 Å². The molecule has 5 nitrogen and oxygen atoms in total. The minimum absolute atomic E-state index is 0.131. The first kappa shape index (κ1) is 18.8. The van der Waals surface area contributed by atoms with Gasteiger partial charge in [-0.2, -0.15) is 0 Å². The highest BCUT2D eigenvalue weighted by Crippen LogP contribution is 2.34.